The first kappa shape index (κ1) is 14.3. The maximum atomic E-state index is 8.49. The molecule has 0 saturated heterocycles. The van der Waals surface area contributed by atoms with Gasteiger partial charge in [-0.1, -0.05) is 10.3 Å². The average Bonchev–Trinajstić information content (AvgIpc) is 2.31. The van der Waals surface area contributed by atoms with Crippen LogP contribution in [-0.2, 0) is 0 Å². The summed E-state index contributed by atoms with van der Waals surface area (Å²) in [7, 11) is 0. The van der Waals surface area contributed by atoms with Crippen molar-refractivity contribution in [1.82, 2.24) is 0 Å². The fourth-order valence-corrected chi connectivity index (χ4v) is 0.809. The molecule has 0 heterocycles. The van der Waals surface area contributed by atoms with Gasteiger partial charge in [0.1, 0.15) is 0 Å². The van der Waals surface area contributed by atoms with Crippen molar-refractivity contribution < 1.29 is 10.4 Å². The average molecular weight is 226 g/mol. The molecule has 0 rings (SSSR count). The van der Waals surface area contributed by atoms with Gasteiger partial charge >= 0.3 is 0 Å². The molecule has 90 valence electrons. The van der Waals surface area contributed by atoms with E-state index in [1.165, 1.54) is 0 Å². The zero-order valence-electron chi connectivity index (χ0n) is 10.1. The molecule has 0 aromatic carbocycles. The van der Waals surface area contributed by atoms with Crippen LogP contribution in [0.4, 0.5) is 0 Å². The van der Waals surface area contributed by atoms with Gasteiger partial charge in [0.05, 0.1) is 35.9 Å². The molecule has 0 aliphatic carbocycles. The molecule has 0 aromatic rings. The molecule has 16 heavy (non-hydrogen) atoms. The lowest BCUT2D eigenvalue weighted by molar-refractivity contribution is 0.319. The highest BCUT2D eigenvalue weighted by Crippen LogP contribution is 1.87. The summed E-state index contributed by atoms with van der Waals surface area (Å²) < 4.78 is 0. The van der Waals surface area contributed by atoms with Crippen LogP contribution in [0.5, 0.6) is 0 Å². The minimum atomic E-state index is 0.494. The van der Waals surface area contributed by atoms with Crippen molar-refractivity contribution in [3.05, 3.63) is 0 Å². The first-order valence-electron chi connectivity index (χ1n) is 4.93. The molecule has 0 unspecified atom stereocenters. The molecule has 0 aromatic heterocycles. The second-order valence-corrected chi connectivity index (χ2v) is 3.31. The maximum Gasteiger partial charge on any atom is 0.0971 e. The van der Waals surface area contributed by atoms with Crippen molar-refractivity contribution in [2.45, 2.75) is 27.7 Å². The normalized spacial score (nSPS) is 15.5. The van der Waals surface area contributed by atoms with E-state index in [-0.39, 0.29) is 0 Å². The molecule has 0 spiro atoms. The molecule has 2 N–H and O–H groups in total. The predicted octanol–water partition coefficient (Wildman–Crippen LogP) is 1.61. The van der Waals surface area contributed by atoms with E-state index in [1.807, 2.05) is 0 Å². The molecule has 0 fully saturated rings. The summed E-state index contributed by atoms with van der Waals surface area (Å²) in [5.41, 5.74) is 2.36. The molecule has 6 heteroatoms. The smallest absolute Gasteiger partial charge is 0.0971 e. The first-order chi connectivity index (χ1) is 7.52. The van der Waals surface area contributed by atoms with Crippen molar-refractivity contribution >= 4 is 22.8 Å². The van der Waals surface area contributed by atoms with Crippen LogP contribution >= 0.6 is 0 Å². The van der Waals surface area contributed by atoms with Gasteiger partial charge in [0.25, 0.3) is 0 Å². The Morgan fingerprint density at radius 3 is 1.25 bits per heavy atom. The summed E-state index contributed by atoms with van der Waals surface area (Å²) in [5.74, 6) is 0. The standard InChI is InChI=1S/C10H18N4O2/c1-7(9(3)13-15)11-5-6-12-8(2)10(4)14-16/h15-16H,5-6H2,1-4H3/b11-7?,12-8?,13-9-,14-10-. The van der Waals surface area contributed by atoms with Crippen LogP contribution in [0.1, 0.15) is 27.7 Å². The predicted molar refractivity (Wildman–Crippen MR) is 65.7 cm³/mol. The molecule has 0 atom stereocenters. The van der Waals surface area contributed by atoms with Gasteiger partial charge in [-0.15, -0.1) is 0 Å². The molecule has 6 nitrogen and oxygen atoms in total. The van der Waals surface area contributed by atoms with Crippen LogP contribution in [-0.4, -0.2) is 46.4 Å². The summed E-state index contributed by atoms with van der Waals surface area (Å²) in [6.45, 7) is 7.91. The Hall–Kier alpha value is -1.72. The van der Waals surface area contributed by atoms with E-state index in [1.54, 1.807) is 27.7 Å². The van der Waals surface area contributed by atoms with E-state index < -0.39 is 0 Å². The van der Waals surface area contributed by atoms with Crippen molar-refractivity contribution in [2.24, 2.45) is 20.3 Å². The molecule has 0 aliphatic rings. The molecular formula is C10H18N4O2. The Bertz CT molecular complexity index is 309. The first-order valence-corrected chi connectivity index (χ1v) is 4.93. The van der Waals surface area contributed by atoms with Gasteiger partial charge in [-0.25, -0.2) is 0 Å². The molecule has 0 aliphatic heterocycles. The maximum absolute atomic E-state index is 8.49. The topological polar surface area (TPSA) is 89.9 Å². The fourth-order valence-electron chi connectivity index (χ4n) is 0.809. The van der Waals surface area contributed by atoms with Gasteiger partial charge in [-0.3, -0.25) is 9.98 Å². The SMILES string of the molecule is CC(=NCCN=C(C)/C(C)=N\O)/C(C)=N\O. The van der Waals surface area contributed by atoms with Crippen molar-refractivity contribution in [2.75, 3.05) is 13.1 Å². The third kappa shape index (κ3) is 5.23. The Kier molecular flexibility index (Phi) is 6.74. The monoisotopic (exact) mass is 226 g/mol. The van der Waals surface area contributed by atoms with Crippen molar-refractivity contribution in [1.29, 1.82) is 0 Å². The summed E-state index contributed by atoms with van der Waals surface area (Å²) >= 11 is 0. The number of rotatable bonds is 5. The summed E-state index contributed by atoms with van der Waals surface area (Å²) in [5, 5.41) is 23.1. The van der Waals surface area contributed by atoms with Gasteiger partial charge in [-0.05, 0) is 27.7 Å². The number of oxime groups is 2. The lowest BCUT2D eigenvalue weighted by Gasteiger charge is -1.98. The number of aliphatic imine (C=N–C) groups is 2. The molecule has 0 bridgehead atoms. The van der Waals surface area contributed by atoms with Crippen LogP contribution in [0.3, 0.4) is 0 Å². The van der Waals surface area contributed by atoms with Gasteiger partial charge in [0.2, 0.25) is 0 Å². The zero-order chi connectivity index (χ0) is 12.6. The van der Waals surface area contributed by atoms with Crippen LogP contribution < -0.4 is 0 Å². The minimum Gasteiger partial charge on any atom is -0.411 e. The third-order valence-electron chi connectivity index (χ3n) is 2.15. The highest BCUT2D eigenvalue weighted by Gasteiger charge is 1.97. The van der Waals surface area contributed by atoms with E-state index in [0.29, 0.717) is 35.9 Å². The van der Waals surface area contributed by atoms with E-state index in [4.69, 9.17) is 10.4 Å². The Morgan fingerprint density at radius 2 is 1.00 bits per heavy atom. The lowest BCUT2D eigenvalue weighted by atomic mass is 10.3. The van der Waals surface area contributed by atoms with Crippen LogP contribution in [0.25, 0.3) is 0 Å². The van der Waals surface area contributed by atoms with Gasteiger partial charge in [0, 0.05) is 0 Å². The Balaban J connectivity index is 4.20. The van der Waals surface area contributed by atoms with Crippen LogP contribution in [0, 0.1) is 0 Å². The second-order valence-electron chi connectivity index (χ2n) is 3.31. The highest BCUT2D eigenvalue weighted by atomic mass is 16.4. The van der Waals surface area contributed by atoms with E-state index in [9.17, 15) is 0 Å². The highest BCUT2D eigenvalue weighted by molar-refractivity contribution is 6.40. The van der Waals surface area contributed by atoms with E-state index in [0.717, 1.165) is 0 Å². The quantitative estimate of drug-likeness (QED) is 0.323. The Labute approximate surface area is 95.1 Å². The van der Waals surface area contributed by atoms with Crippen LogP contribution in [0.2, 0.25) is 0 Å². The molecule has 0 amide bonds. The summed E-state index contributed by atoms with van der Waals surface area (Å²) in [6, 6.07) is 0. The number of hydrogen-bond donors (Lipinski definition) is 2. The summed E-state index contributed by atoms with van der Waals surface area (Å²) in [6.07, 6.45) is 0. The van der Waals surface area contributed by atoms with Gasteiger partial charge in [-0.2, -0.15) is 0 Å². The lowest BCUT2D eigenvalue weighted by Crippen LogP contribution is -2.09. The molecule has 0 saturated carbocycles. The zero-order valence-corrected chi connectivity index (χ0v) is 10.1. The van der Waals surface area contributed by atoms with Crippen LogP contribution in [0.15, 0.2) is 20.3 Å². The summed E-state index contributed by atoms with van der Waals surface area (Å²) in [4.78, 5) is 8.34. The largest absolute Gasteiger partial charge is 0.411 e. The Morgan fingerprint density at radius 1 is 0.688 bits per heavy atom. The number of hydrogen-bond acceptors (Lipinski definition) is 6. The van der Waals surface area contributed by atoms with Crippen molar-refractivity contribution in [3.63, 3.8) is 0 Å². The number of nitrogens with zero attached hydrogens (tertiary/aromatic N) is 4. The van der Waals surface area contributed by atoms with E-state index >= 15 is 0 Å². The molecular weight excluding hydrogens is 208 g/mol. The minimum absolute atomic E-state index is 0.494. The van der Waals surface area contributed by atoms with E-state index in [2.05, 4.69) is 20.3 Å². The second kappa shape index (κ2) is 7.56. The van der Waals surface area contributed by atoms with Gasteiger partial charge < -0.3 is 10.4 Å². The third-order valence-corrected chi connectivity index (χ3v) is 2.15. The van der Waals surface area contributed by atoms with Crippen molar-refractivity contribution in [3.8, 4) is 0 Å². The molecule has 0 radical (unpaired) electrons. The fraction of sp³-hybridized carbons (Fsp3) is 0.600. The van der Waals surface area contributed by atoms with Gasteiger partial charge in [0.15, 0.2) is 0 Å².